The molecule has 0 aliphatic heterocycles. The van der Waals surface area contributed by atoms with Gasteiger partial charge in [-0.05, 0) is 0 Å². The van der Waals surface area contributed by atoms with Crippen molar-refractivity contribution >= 4 is 96.6 Å². The average molecular weight is 853 g/mol. The van der Waals surface area contributed by atoms with Gasteiger partial charge in [-0.1, -0.05) is 26.7 Å². The van der Waals surface area contributed by atoms with Crippen LogP contribution in [-0.4, -0.2) is 58.0 Å². The van der Waals surface area contributed by atoms with Crippen molar-refractivity contribution in [3.05, 3.63) is 133 Å². The maximum absolute atomic E-state index is 2.62. The van der Waals surface area contributed by atoms with Crippen LogP contribution in [0, 0.1) is 0 Å². The van der Waals surface area contributed by atoms with Gasteiger partial charge in [0.2, 0.25) is 0 Å². The fraction of sp³-hybridized carbons (Fsp3) is 0.0952. The first-order valence-electron chi connectivity index (χ1n) is 15.8. The second kappa shape index (κ2) is 13.3. The van der Waals surface area contributed by atoms with E-state index in [4.69, 9.17) is 0 Å². The first-order valence-corrected chi connectivity index (χ1v) is 22.7. The van der Waals surface area contributed by atoms with Crippen LogP contribution < -0.4 is 0 Å². The standard InChI is InChI=1S/C38H22Se4.C4H10/c1-5-13-23(14-6-1)33-31-27-21-30-28(22-29(27)39-37(31)35(41-33)25-17-9-3-10-18-25)32-34(24-15-7-2-8-16-24)42-36(38(32)40-30)26-19-11-4-12-20-26;1-3-4-2/h1-22H;3-4H2,1-2H3. The molecule has 0 bridgehead atoms. The van der Waals surface area contributed by atoms with Gasteiger partial charge in [0.25, 0.3) is 0 Å². The Morgan fingerprint density at radius 1 is 0.370 bits per heavy atom. The molecule has 0 saturated carbocycles. The maximum atomic E-state index is 2.62. The molecule has 0 atom stereocenters. The van der Waals surface area contributed by atoms with Crippen molar-refractivity contribution in [3.63, 3.8) is 0 Å². The molecule has 4 aromatic heterocycles. The third kappa shape index (κ3) is 5.46. The van der Waals surface area contributed by atoms with Crippen LogP contribution in [0.3, 0.4) is 0 Å². The van der Waals surface area contributed by atoms with Gasteiger partial charge in [-0.2, -0.15) is 0 Å². The minimum absolute atomic E-state index is 0.308. The normalized spacial score (nSPS) is 11.4. The molecule has 0 fully saturated rings. The van der Waals surface area contributed by atoms with Gasteiger partial charge in [0.05, 0.1) is 0 Å². The van der Waals surface area contributed by atoms with E-state index in [1.807, 2.05) is 0 Å². The molecule has 0 radical (unpaired) electrons. The van der Waals surface area contributed by atoms with Gasteiger partial charge in [0.1, 0.15) is 0 Å². The molecule has 224 valence electrons. The van der Waals surface area contributed by atoms with E-state index in [1.54, 1.807) is 45.6 Å². The van der Waals surface area contributed by atoms with Crippen LogP contribution in [0.4, 0.5) is 0 Å². The molecule has 0 saturated heterocycles. The predicted molar refractivity (Wildman–Crippen MR) is 207 cm³/mol. The molecular formula is C42H32Se4. The Bertz CT molecular complexity index is 2230. The molecule has 0 aliphatic carbocycles. The molecule has 0 amide bonds. The SMILES string of the molecule is CCCC.c1ccc(-c2[se]c(-c3ccccc3)c3c2[se]c2cc4c(cc23)[se]c2c(-c3ccccc3)[se]c(-c3ccccc3)c24)cc1. The van der Waals surface area contributed by atoms with Crippen LogP contribution in [0.1, 0.15) is 26.7 Å². The number of hydrogen-bond donors (Lipinski definition) is 0. The number of fused-ring (bicyclic) bond motifs is 6. The molecule has 9 aromatic rings. The summed E-state index contributed by atoms with van der Waals surface area (Å²) in [6.07, 6.45) is 2.64. The Labute approximate surface area is 294 Å². The monoisotopic (exact) mass is 856 g/mol. The Morgan fingerprint density at radius 3 is 0.978 bits per heavy atom. The van der Waals surface area contributed by atoms with Crippen LogP contribution in [0.25, 0.3) is 78.6 Å². The van der Waals surface area contributed by atoms with Gasteiger partial charge in [-0.15, -0.1) is 0 Å². The zero-order valence-electron chi connectivity index (χ0n) is 25.7. The first-order chi connectivity index (χ1) is 22.7. The second-order valence-corrected chi connectivity index (χ2v) is 20.1. The van der Waals surface area contributed by atoms with Crippen molar-refractivity contribution in [1.29, 1.82) is 0 Å². The van der Waals surface area contributed by atoms with E-state index in [0.29, 0.717) is 58.0 Å². The summed E-state index contributed by atoms with van der Waals surface area (Å²) >= 11 is 1.23. The summed E-state index contributed by atoms with van der Waals surface area (Å²) in [5.74, 6) is 0. The summed E-state index contributed by atoms with van der Waals surface area (Å²) < 4.78 is 12.7. The van der Waals surface area contributed by atoms with Gasteiger partial charge < -0.3 is 0 Å². The Morgan fingerprint density at radius 2 is 0.674 bits per heavy atom. The van der Waals surface area contributed by atoms with Crippen LogP contribution in [-0.2, 0) is 0 Å². The number of rotatable bonds is 5. The zero-order chi connectivity index (χ0) is 31.0. The Balaban J connectivity index is 0.000000740. The summed E-state index contributed by atoms with van der Waals surface area (Å²) in [7, 11) is 0. The minimum atomic E-state index is 0.308. The van der Waals surface area contributed by atoms with Gasteiger partial charge in [0.15, 0.2) is 0 Å². The summed E-state index contributed by atoms with van der Waals surface area (Å²) in [6.45, 7) is 4.36. The van der Waals surface area contributed by atoms with E-state index < -0.39 is 0 Å². The van der Waals surface area contributed by atoms with E-state index in [9.17, 15) is 0 Å². The van der Waals surface area contributed by atoms with Crippen molar-refractivity contribution in [1.82, 2.24) is 0 Å². The van der Waals surface area contributed by atoms with E-state index >= 15 is 0 Å². The number of benzene rings is 5. The molecule has 0 aliphatic rings. The molecule has 5 aromatic carbocycles. The van der Waals surface area contributed by atoms with Gasteiger partial charge in [-0.25, -0.2) is 0 Å². The average Bonchev–Trinajstić information content (AvgIpc) is 3.88. The molecule has 4 heterocycles. The van der Waals surface area contributed by atoms with Crippen LogP contribution >= 0.6 is 0 Å². The topological polar surface area (TPSA) is 0 Å². The second-order valence-electron chi connectivity index (χ2n) is 11.4. The summed E-state index contributed by atoms with van der Waals surface area (Å²) in [5.41, 5.74) is 5.61. The van der Waals surface area contributed by atoms with Gasteiger partial charge in [0, 0.05) is 0 Å². The first kappa shape index (κ1) is 30.5. The number of unbranched alkanes of at least 4 members (excludes halogenated alkanes) is 1. The Kier molecular flexibility index (Phi) is 8.83. The fourth-order valence-electron chi connectivity index (χ4n) is 6.00. The van der Waals surface area contributed by atoms with Crippen LogP contribution in [0.15, 0.2) is 133 Å². The van der Waals surface area contributed by atoms with Crippen LogP contribution in [0.2, 0.25) is 0 Å². The van der Waals surface area contributed by atoms with E-state index in [-0.39, 0.29) is 0 Å². The molecule has 0 N–H and O–H groups in total. The van der Waals surface area contributed by atoms with Gasteiger partial charge in [-0.3, -0.25) is 0 Å². The molecular weight excluding hydrogens is 820 g/mol. The van der Waals surface area contributed by atoms with Crippen molar-refractivity contribution < 1.29 is 0 Å². The molecule has 9 rings (SSSR count). The van der Waals surface area contributed by atoms with Crippen molar-refractivity contribution in [2.24, 2.45) is 0 Å². The van der Waals surface area contributed by atoms with Crippen LogP contribution in [0.5, 0.6) is 0 Å². The van der Waals surface area contributed by atoms with Crippen molar-refractivity contribution in [3.8, 4) is 40.0 Å². The molecule has 46 heavy (non-hydrogen) atoms. The Hall–Kier alpha value is -2.86. The zero-order valence-corrected chi connectivity index (χ0v) is 32.6. The van der Waals surface area contributed by atoms with Crippen molar-refractivity contribution in [2.75, 3.05) is 0 Å². The van der Waals surface area contributed by atoms with E-state index in [1.165, 1.54) is 45.9 Å². The van der Waals surface area contributed by atoms with E-state index in [2.05, 4.69) is 147 Å². The molecule has 0 spiro atoms. The fourth-order valence-corrected chi connectivity index (χ4v) is 18.6. The molecule has 0 nitrogen and oxygen atoms in total. The summed E-state index contributed by atoms with van der Waals surface area (Å²) in [4.78, 5) is 0. The molecule has 0 unspecified atom stereocenters. The van der Waals surface area contributed by atoms with Crippen molar-refractivity contribution in [2.45, 2.75) is 26.7 Å². The van der Waals surface area contributed by atoms with Gasteiger partial charge >= 0.3 is 270 Å². The quantitative estimate of drug-likeness (QED) is 0.151. The predicted octanol–water partition coefficient (Wildman–Crippen LogP) is 11.0. The summed E-state index contributed by atoms with van der Waals surface area (Å²) in [5, 5.41) is 6.16. The molecule has 4 heteroatoms. The third-order valence-corrected chi connectivity index (χ3v) is 20.0. The third-order valence-electron chi connectivity index (χ3n) is 8.42. The number of hydrogen-bond acceptors (Lipinski definition) is 0. The van der Waals surface area contributed by atoms with E-state index in [0.717, 1.165) is 0 Å². The summed E-state index contributed by atoms with van der Waals surface area (Å²) in [6, 6.07) is 49.9.